The number of amides is 1. The third-order valence-corrected chi connectivity index (χ3v) is 5.06. The highest BCUT2D eigenvalue weighted by atomic mass is 16.5. The van der Waals surface area contributed by atoms with Crippen LogP contribution in [-0.2, 0) is 6.42 Å². The van der Waals surface area contributed by atoms with Crippen LogP contribution in [0.25, 0.3) is 22.2 Å². The van der Waals surface area contributed by atoms with Gasteiger partial charge in [-0.05, 0) is 24.1 Å². The van der Waals surface area contributed by atoms with Crippen molar-refractivity contribution in [2.75, 3.05) is 31.8 Å². The summed E-state index contributed by atoms with van der Waals surface area (Å²) in [6.45, 7) is 0.629. The van der Waals surface area contributed by atoms with E-state index in [2.05, 4.69) is 30.6 Å². The minimum absolute atomic E-state index is 0.130. The number of para-hydroxylation sites is 1. The Hall–Kier alpha value is -4.27. The van der Waals surface area contributed by atoms with E-state index in [0.717, 1.165) is 22.0 Å². The molecular formula is C23H23N7O2. The molecule has 0 aliphatic rings. The molecule has 4 N–H and O–H groups in total. The van der Waals surface area contributed by atoms with Crippen molar-refractivity contribution in [3.8, 4) is 17.1 Å². The molecule has 9 nitrogen and oxygen atoms in total. The summed E-state index contributed by atoms with van der Waals surface area (Å²) in [5.41, 5.74) is 10.3. The van der Waals surface area contributed by atoms with Crippen molar-refractivity contribution in [2.45, 2.75) is 6.42 Å². The van der Waals surface area contributed by atoms with Crippen molar-refractivity contribution in [2.24, 2.45) is 0 Å². The smallest absolute Gasteiger partial charge is 0.251 e. The number of carbonyl (C=O) groups excluding carboxylic acids is 1. The van der Waals surface area contributed by atoms with Crippen molar-refractivity contribution in [1.29, 1.82) is 0 Å². The molecule has 0 fully saturated rings. The van der Waals surface area contributed by atoms with E-state index in [4.69, 9.17) is 10.5 Å². The van der Waals surface area contributed by atoms with Crippen LogP contribution in [0.5, 0.6) is 5.88 Å². The standard InChI is InChI=1S/C23H23N7O2/c1-25-22(31)17-7-9-27-21-14(4-3-5-16(17)21)6-8-26-20-11-19(29-13-30-20)15-10-18(24)23(32-2)28-12-15/h3-5,7,9-13H,6,8,24H2,1-2H3,(H,25,31)(H,26,29,30). The fourth-order valence-corrected chi connectivity index (χ4v) is 3.49. The van der Waals surface area contributed by atoms with Gasteiger partial charge < -0.3 is 21.1 Å². The molecule has 9 heteroatoms. The molecule has 0 bridgehead atoms. The number of nitrogens with two attached hydrogens (primary N) is 1. The molecule has 1 amide bonds. The van der Waals surface area contributed by atoms with Crippen molar-refractivity contribution in [3.05, 3.63) is 66.2 Å². The Bertz CT molecular complexity index is 1280. The minimum Gasteiger partial charge on any atom is -0.480 e. The number of anilines is 2. The van der Waals surface area contributed by atoms with Crippen LogP contribution >= 0.6 is 0 Å². The average Bonchev–Trinajstić information content (AvgIpc) is 2.83. The van der Waals surface area contributed by atoms with E-state index < -0.39 is 0 Å². The van der Waals surface area contributed by atoms with Gasteiger partial charge in [-0.1, -0.05) is 18.2 Å². The first-order valence-electron chi connectivity index (χ1n) is 10.0. The predicted octanol–water partition coefficient (Wildman–Crippen LogP) is 2.69. The highest BCUT2D eigenvalue weighted by Gasteiger charge is 2.11. The summed E-state index contributed by atoms with van der Waals surface area (Å²) in [7, 11) is 3.14. The van der Waals surface area contributed by atoms with E-state index in [-0.39, 0.29) is 5.91 Å². The lowest BCUT2D eigenvalue weighted by atomic mass is 10.0. The molecule has 0 atom stereocenters. The van der Waals surface area contributed by atoms with Crippen LogP contribution in [0.3, 0.4) is 0 Å². The number of nitrogens with zero attached hydrogens (tertiary/aromatic N) is 4. The minimum atomic E-state index is -0.130. The van der Waals surface area contributed by atoms with E-state index in [1.165, 1.54) is 13.4 Å². The van der Waals surface area contributed by atoms with Crippen LogP contribution in [0.15, 0.2) is 55.1 Å². The predicted molar refractivity (Wildman–Crippen MR) is 124 cm³/mol. The quantitative estimate of drug-likeness (QED) is 0.409. The fraction of sp³-hybridized carbons (Fsp3) is 0.174. The van der Waals surface area contributed by atoms with Crippen LogP contribution in [0.4, 0.5) is 11.5 Å². The lowest BCUT2D eigenvalue weighted by Crippen LogP contribution is -2.18. The third-order valence-electron chi connectivity index (χ3n) is 5.06. The number of aromatic nitrogens is 4. The molecule has 162 valence electrons. The normalized spacial score (nSPS) is 10.7. The van der Waals surface area contributed by atoms with E-state index >= 15 is 0 Å². The molecule has 0 saturated carbocycles. The largest absolute Gasteiger partial charge is 0.480 e. The number of pyridine rings is 2. The molecule has 32 heavy (non-hydrogen) atoms. The van der Waals surface area contributed by atoms with Crippen molar-refractivity contribution >= 4 is 28.3 Å². The van der Waals surface area contributed by atoms with Gasteiger partial charge in [-0.2, -0.15) is 0 Å². The number of carbonyl (C=O) groups is 1. The molecular weight excluding hydrogens is 406 g/mol. The number of hydrogen-bond donors (Lipinski definition) is 3. The second kappa shape index (κ2) is 9.25. The highest BCUT2D eigenvalue weighted by molar-refractivity contribution is 6.06. The van der Waals surface area contributed by atoms with Gasteiger partial charge in [-0.3, -0.25) is 9.78 Å². The van der Waals surface area contributed by atoms with Crippen LogP contribution in [-0.4, -0.2) is 46.5 Å². The molecule has 1 aromatic carbocycles. The molecule has 0 spiro atoms. The highest BCUT2D eigenvalue weighted by Crippen LogP contribution is 2.25. The van der Waals surface area contributed by atoms with Gasteiger partial charge in [-0.15, -0.1) is 0 Å². The van der Waals surface area contributed by atoms with Crippen molar-refractivity contribution in [3.63, 3.8) is 0 Å². The zero-order valence-corrected chi connectivity index (χ0v) is 17.8. The Balaban J connectivity index is 1.50. The zero-order valence-electron chi connectivity index (χ0n) is 17.8. The second-order valence-electron chi connectivity index (χ2n) is 7.04. The summed E-state index contributed by atoms with van der Waals surface area (Å²) < 4.78 is 5.10. The number of nitrogens with one attached hydrogen (secondary N) is 2. The Morgan fingerprint density at radius 2 is 2.00 bits per heavy atom. The maximum atomic E-state index is 12.2. The van der Waals surface area contributed by atoms with E-state index in [1.807, 2.05) is 24.3 Å². The molecule has 0 unspecified atom stereocenters. The Morgan fingerprint density at radius 3 is 2.78 bits per heavy atom. The maximum absolute atomic E-state index is 12.2. The van der Waals surface area contributed by atoms with Gasteiger partial charge in [-0.25, -0.2) is 15.0 Å². The number of methoxy groups -OCH3 is 1. The van der Waals surface area contributed by atoms with Crippen LogP contribution in [0.1, 0.15) is 15.9 Å². The van der Waals surface area contributed by atoms with Gasteiger partial charge in [0.15, 0.2) is 0 Å². The van der Waals surface area contributed by atoms with Gasteiger partial charge in [0.1, 0.15) is 12.1 Å². The number of hydrogen-bond acceptors (Lipinski definition) is 8. The average molecular weight is 429 g/mol. The molecule has 0 aliphatic carbocycles. The lowest BCUT2D eigenvalue weighted by molar-refractivity contribution is 0.0964. The third kappa shape index (κ3) is 4.27. The van der Waals surface area contributed by atoms with E-state index in [1.54, 1.807) is 31.6 Å². The first kappa shape index (κ1) is 21.0. The molecule has 3 heterocycles. The number of ether oxygens (including phenoxy) is 1. The van der Waals surface area contributed by atoms with Gasteiger partial charge >= 0.3 is 0 Å². The van der Waals surface area contributed by atoms with Crippen molar-refractivity contribution < 1.29 is 9.53 Å². The molecule has 0 aliphatic heterocycles. The van der Waals surface area contributed by atoms with Crippen LogP contribution in [0.2, 0.25) is 0 Å². The second-order valence-corrected chi connectivity index (χ2v) is 7.04. The Kier molecular flexibility index (Phi) is 6.07. The van der Waals surface area contributed by atoms with E-state index in [0.29, 0.717) is 41.6 Å². The first-order valence-corrected chi connectivity index (χ1v) is 10.0. The summed E-state index contributed by atoms with van der Waals surface area (Å²) in [6.07, 6.45) is 5.52. The summed E-state index contributed by atoms with van der Waals surface area (Å²) in [5, 5.41) is 6.82. The van der Waals surface area contributed by atoms with Gasteiger partial charge in [0.05, 0.1) is 29.6 Å². The Morgan fingerprint density at radius 1 is 1.12 bits per heavy atom. The monoisotopic (exact) mass is 429 g/mol. The Labute approximate surface area is 185 Å². The molecule has 3 aromatic heterocycles. The van der Waals surface area contributed by atoms with Gasteiger partial charge in [0, 0.05) is 43.0 Å². The first-order chi connectivity index (χ1) is 15.6. The summed E-state index contributed by atoms with van der Waals surface area (Å²) in [4.78, 5) is 29.5. The summed E-state index contributed by atoms with van der Waals surface area (Å²) >= 11 is 0. The fourth-order valence-electron chi connectivity index (χ4n) is 3.49. The van der Waals surface area contributed by atoms with Crippen LogP contribution in [0, 0.1) is 0 Å². The van der Waals surface area contributed by atoms with Crippen LogP contribution < -0.4 is 21.1 Å². The molecule has 0 radical (unpaired) electrons. The number of rotatable bonds is 7. The van der Waals surface area contributed by atoms with Crippen molar-refractivity contribution in [1.82, 2.24) is 25.3 Å². The summed E-state index contributed by atoms with van der Waals surface area (Å²) in [6, 6.07) is 11.2. The number of benzene rings is 1. The van der Waals surface area contributed by atoms with E-state index in [9.17, 15) is 4.79 Å². The maximum Gasteiger partial charge on any atom is 0.251 e. The zero-order chi connectivity index (χ0) is 22.5. The SMILES string of the molecule is CNC(=O)c1ccnc2c(CCNc3cc(-c4cnc(OC)c(N)c4)ncn3)cccc12. The lowest BCUT2D eigenvalue weighted by Gasteiger charge is -2.11. The number of fused-ring (bicyclic) bond motifs is 1. The topological polar surface area (TPSA) is 128 Å². The molecule has 4 aromatic rings. The number of nitrogen functional groups attached to an aromatic ring is 1. The van der Waals surface area contributed by atoms with Gasteiger partial charge in [0.25, 0.3) is 5.91 Å². The molecule has 4 rings (SSSR count). The molecule has 0 saturated heterocycles. The summed E-state index contributed by atoms with van der Waals surface area (Å²) in [5.74, 6) is 0.933. The van der Waals surface area contributed by atoms with Gasteiger partial charge in [0.2, 0.25) is 5.88 Å².